The molecule has 0 saturated carbocycles. The van der Waals surface area contributed by atoms with Gasteiger partial charge in [-0.1, -0.05) is 259 Å². The van der Waals surface area contributed by atoms with Crippen LogP contribution in [0.1, 0.15) is 252 Å². The highest BCUT2D eigenvalue weighted by Crippen LogP contribution is 2.15. The van der Waals surface area contributed by atoms with Gasteiger partial charge in [-0.15, -0.1) is 0 Å². The molecular formula is C63H106O5. The fraction of sp³-hybridized carbons (Fsp3) is 0.683. The van der Waals surface area contributed by atoms with Crippen molar-refractivity contribution in [3.05, 3.63) is 109 Å². The lowest BCUT2D eigenvalue weighted by Crippen LogP contribution is -2.30. The summed E-state index contributed by atoms with van der Waals surface area (Å²) < 4.78 is 17.4. The normalized spacial score (nSPS) is 13.0. The minimum Gasteiger partial charge on any atom is -0.462 e. The van der Waals surface area contributed by atoms with Gasteiger partial charge in [0.1, 0.15) is 6.61 Å². The number of rotatable bonds is 51. The summed E-state index contributed by atoms with van der Waals surface area (Å²) in [6.45, 7) is 7.52. The van der Waals surface area contributed by atoms with E-state index in [0.717, 1.165) is 96.3 Å². The highest BCUT2D eigenvalue weighted by Gasteiger charge is 2.17. The van der Waals surface area contributed by atoms with Gasteiger partial charge >= 0.3 is 11.9 Å². The molecule has 1 unspecified atom stereocenters. The lowest BCUT2D eigenvalue weighted by atomic mass is 10.0. The van der Waals surface area contributed by atoms with Crippen molar-refractivity contribution in [3.63, 3.8) is 0 Å². The molecule has 5 nitrogen and oxygen atoms in total. The zero-order valence-electron chi connectivity index (χ0n) is 44.6. The molecule has 0 rings (SSSR count). The van der Waals surface area contributed by atoms with E-state index in [-0.39, 0.29) is 25.2 Å². The third-order valence-corrected chi connectivity index (χ3v) is 11.8. The Morgan fingerprint density at radius 1 is 0.338 bits per heavy atom. The molecule has 1 atom stereocenters. The maximum atomic E-state index is 12.8. The lowest BCUT2D eigenvalue weighted by Gasteiger charge is -2.18. The monoisotopic (exact) mass is 943 g/mol. The number of unbranched alkanes of at least 4 members (excludes halogenated alkanes) is 22. The van der Waals surface area contributed by atoms with Gasteiger partial charge in [-0.3, -0.25) is 9.59 Å². The van der Waals surface area contributed by atoms with E-state index in [1.165, 1.54) is 116 Å². The Morgan fingerprint density at radius 2 is 0.691 bits per heavy atom. The highest BCUT2D eigenvalue weighted by molar-refractivity contribution is 5.70. The number of carbonyl (C=O) groups excluding carboxylic acids is 2. The summed E-state index contributed by atoms with van der Waals surface area (Å²) in [4.78, 5) is 25.5. The molecule has 0 saturated heterocycles. The SMILES string of the molecule is CC/C=C\C/C=C\C/C=C\C/C=C\C/C=C\C/C=C\CCC(=O)OCC(COCCCCCCCCCCCCCCCCCCCC)OC(=O)CCCCCCC/C=C\C/C=C\C/C=C\CC. The van der Waals surface area contributed by atoms with Gasteiger partial charge in [-0.05, 0) is 89.9 Å². The molecule has 0 aromatic heterocycles. The summed E-state index contributed by atoms with van der Waals surface area (Å²) in [6, 6.07) is 0. The maximum absolute atomic E-state index is 12.8. The summed E-state index contributed by atoms with van der Waals surface area (Å²) in [5.41, 5.74) is 0. The Labute approximate surface area is 421 Å². The van der Waals surface area contributed by atoms with Crippen LogP contribution in [0.25, 0.3) is 0 Å². The van der Waals surface area contributed by atoms with Gasteiger partial charge in [-0.2, -0.15) is 0 Å². The van der Waals surface area contributed by atoms with Gasteiger partial charge in [0.15, 0.2) is 6.10 Å². The van der Waals surface area contributed by atoms with Crippen molar-refractivity contribution in [2.24, 2.45) is 0 Å². The van der Waals surface area contributed by atoms with Crippen LogP contribution in [0.5, 0.6) is 0 Å². The van der Waals surface area contributed by atoms with E-state index >= 15 is 0 Å². The van der Waals surface area contributed by atoms with Gasteiger partial charge in [0.25, 0.3) is 0 Å². The van der Waals surface area contributed by atoms with Crippen molar-refractivity contribution in [1.29, 1.82) is 0 Å². The van der Waals surface area contributed by atoms with Crippen LogP contribution < -0.4 is 0 Å². The highest BCUT2D eigenvalue weighted by atomic mass is 16.6. The van der Waals surface area contributed by atoms with E-state index in [9.17, 15) is 9.59 Å². The zero-order valence-corrected chi connectivity index (χ0v) is 44.6. The quantitative estimate of drug-likeness (QED) is 0.0345. The molecule has 0 bridgehead atoms. The van der Waals surface area contributed by atoms with Crippen molar-refractivity contribution in [3.8, 4) is 0 Å². The predicted octanol–water partition coefficient (Wildman–Crippen LogP) is 19.6. The molecule has 0 aromatic rings. The average Bonchev–Trinajstić information content (AvgIpc) is 3.34. The number of allylic oxidation sites excluding steroid dienone is 18. The summed E-state index contributed by atoms with van der Waals surface area (Å²) >= 11 is 0. The van der Waals surface area contributed by atoms with Crippen LogP contribution in [-0.4, -0.2) is 37.9 Å². The summed E-state index contributed by atoms with van der Waals surface area (Å²) in [6.07, 6.45) is 79.8. The number of esters is 2. The van der Waals surface area contributed by atoms with Crippen molar-refractivity contribution >= 4 is 11.9 Å². The Kier molecular flexibility index (Phi) is 54.9. The third kappa shape index (κ3) is 55.2. The van der Waals surface area contributed by atoms with Crippen molar-refractivity contribution in [2.75, 3.05) is 19.8 Å². The first-order valence-electron chi connectivity index (χ1n) is 28.4. The molecule has 68 heavy (non-hydrogen) atoms. The average molecular weight is 944 g/mol. The number of carbonyl (C=O) groups is 2. The minimum atomic E-state index is -0.581. The van der Waals surface area contributed by atoms with Crippen LogP contribution >= 0.6 is 0 Å². The van der Waals surface area contributed by atoms with E-state index in [0.29, 0.717) is 25.9 Å². The van der Waals surface area contributed by atoms with Crippen LogP contribution in [0.15, 0.2) is 109 Å². The van der Waals surface area contributed by atoms with E-state index in [2.05, 4.69) is 124 Å². The van der Waals surface area contributed by atoms with Crippen LogP contribution in [0.4, 0.5) is 0 Å². The number of ether oxygens (including phenoxy) is 3. The smallest absolute Gasteiger partial charge is 0.306 e. The molecule has 0 fully saturated rings. The molecule has 0 aromatic carbocycles. The lowest BCUT2D eigenvalue weighted by molar-refractivity contribution is -0.162. The Bertz CT molecular complexity index is 1340. The molecule has 0 heterocycles. The Hall–Kier alpha value is -3.44. The van der Waals surface area contributed by atoms with Gasteiger partial charge in [0.05, 0.1) is 6.61 Å². The van der Waals surface area contributed by atoms with Gasteiger partial charge in [-0.25, -0.2) is 0 Å². The molecule has 388 valence electrons. The molecule has 5 heteroatoms. The minimum absolute atomic E-state index is 0.0344. The first kappa shape index (κ1) is 64.6. The standard InChI is InChI=1S/C63H106O5/c1-4-7-10-13-16-19-22-25-28-30-32-33-36-38-41-44-47-50-53-56-62(64)67-60-61(68-63(65)57-54-51-48-45-42-39-35-27-24-21-18-15-12-9-6-3)59-66-58-55-52-49-46-43-40-37-34-31-29-26-23-20-17-14-11-8-5-2/h7,9-10,12,16,18-19,21,25,27-28,32-33,35,38,41,47,50,61H,4-6,8,11,13-15,17,20,22-24,26,29-31,34,36-37,39-40,42-46,48-49,51-60H2,1-3H3/b10-7-,12-9-,19-16-,21-18-,28-25-,33-32-,35-27-,41-38-,50-47-. The molecule has 0 aliphatic carbocycles. The van der Waals surface area contributed by atoms with Gasteiger partial charge in [0.2, 0.25) is 0 Å². The third-order valence-electron chi connectivity index (χ3n) is 11.8. The predicted molar refractivity (Wildman–Crippen MR) is 297 cm³/mol. The first-order chi connectivity index (χ1) is 33.6. The number of hydrogen-bond acceptors (Lipinski definition) is 5. The summed E-state index contributed by atoms with van der Waals surface area (Å²) in [7, 11) is 0. The summed E-state index contributed by atoms with van der Waals surface area (Å²) in [5, 5.41) is 0. The summed E-state index contributed by atoms with van der Waals surface area (Å²) in [5.74, 6) is -0.512. The van der Waals surface area contributed by atoms with Gasteiger partial charge < -0.3 is 14.2 Å². The second-order valence-corrected chi connectivity index (χ2v) is 18.4. The van der Waals surface area contributed by atoms with Crippen molar-refractivity contribution < 1.29 is 23.8 Å². The Morgan fingerprint density at radius 3 is 1.12 bits per heavy atom. The maximum Gasteiger partial charge on any atom is 0.306 e. The molecule has 0 aliphatic rings. The van der Waals surface area contributed by atoms with Crippen molar-refractivity contribution in [2.45, 2.75) is 258 Å². The fourth-order valence-electron chi connectivity index (χ4n) is 7.67. The Balaban J connectivity index is 4.40. The molecule has 0 radical (unpaired) electrons. The van der Waals surface area contributed by atoms with Crippen LogP contribution in [-0.2, 0) is 23.8 Å². The fourth-order valence-corrected chi connectivity index (χ4v) is 7.67. The van der Waals surface area contributed by atoms with E-state index in [1.54, 1.807) is 0 Å². The van der Waals surface area contributed by atoms with Crippen molar-refractivity contribution in [1.82, 2.24) is 0 Å². The number of hydrogen-bond donors (Lipinski definition) is 0. The molecule has 0 spiro atoms. The topological polar surface area (TPSA) is 61.8 Å². The largest absolute Gasteiger partial charge is 0.462 e. The first-order valence-corrected chi connectivity index (χ1v) is 28.4. The molecule has 0 N–H and O–H groups in total. The molecule has 0 amide bonds. The van der Waals surface area contributed by atoms with Crippen LogP contribution in [0, 0.1) is 0 Å². The van der Waals surface area contributed by atoms with E-state index < -0.39 is 6.10 Å². The molecule has 0 aliphatic heterocycles. The van der Waals surface area contributed by atoms with Gasteiger partial charge in [0, 0.05) is 19.4 Å². The second kappa shape index (κ2) is 57.9. The van der Waals surface area contributed by atoms with Crippen LogP contribution in [0.2, 0.25) is 0 Å². The molecular weight excluding hydrogens is 837 g/mol. The zero-order chi connectivity index (χ0) is 49.2. The van der Waals surface area contributed by atoms with E-state index in [4.69, 9.17) is 14.2 Å². The second-order valence-electron chi connectivity index (χ2n) is 18.4. The van der Waals surface area contributed by atoms with Crippen LogP contribution in [0.3, 0.4) is 0 Å². The van der Waals surface area contributed by atoms with E-state index in [1.807, 2.05) is 6.08 Å².